The van der Waals surface area contributed by atoms with Crippen LogP contribution in [0.15, 0.2) is 59.7 Å². The van der Waals surface area contributed by atoms with E-state index in [1.165, 1.54) is 29.0 Å². The van der Waals surface area contributed by atoms with Crippen molar-refractivity contribution >= 4 is 29.6 Å². The molecule has 2 aromatic carbocycles. The molecule has 0 fully saturated rings. The number of hydrogen-bond donors (Lipinski definition) is 2. The Kier molecular flexibility index (Phi) is 10.2. The molecule has 0 saturated heterocycles. The van der Waals surface area contributed by atoms with Gasteiger partial charge in [-0.25, -0.2) is 9.97 Å². The van der Waals surface area contributed by atoms with Gasteiger partial charge in [-0.15, -0.1) is 0 Å². The number of rotatable bonds is 9. The van der Waals surface area contributed by atoms with Crippen LogP contribution in [0.3, 0.4) is 0 Å². The summed E-state index contributed by atoms with van der Waals surface area (Å²) in [6, 6.07) is 10.7. The number of carbonyl (C=O) groups excluding carboxylic acids is 3. The first-order chi connectivity index (χ1) is 21.3. The van der Waals surface area contributed by atoms with Gasteiger partial charge in [-0.2, -0.15) is 13.2 Å². The number of benzene rings is 2. The number of aromatic nitrogens is 2. The SMILES string of the molecule is CC(=O)Nc1ncc2c(n1)CN(C(=O)c1cc([C@@H](C)N(C(=O)c3ccccc3)C(N)=NCCCC(C)C)ccc1C(F)(F)F)C2. The highest BCUT2D eigenvalue weighted by Gasteiger charge is 2.38. The Labute approximate surface area is 259 Å². The van der Waals surface area contributed by atoms with Crippen molar-refractivity contribution in [2.24, 2.45) is 16.6 Å². The molecule has 1 aliphatic rings. The predicted octanol–water partition coefficient (Wildman–Crippen LogP) is 5.56. The smallest absolute Gasteiger partial charge is 0.369 e. The Morgan fingerprint density at radius 3 is 2.44 bits per heavy atom. The van der Waals surface area contributed by atoms with E-state index >= 15 is 0 Å². The first kappa shape index (κ1) is 33.1. The van der Waals surface area contributed by atoms with Gasteiger partial charge in [-0.1, -0.05) is 38.1 Å². The van der Waals surface area contributed by atoms with Crippen LogP contribution in [-0.4, -0.2) is 50.0 Å². The summed E-state index contributed by atoms with van der Waals surface area (Å²) in [5.41, 5.74) is 6.23. The summed E-state index contributed by atoms with van der Waals surface area (Å²) >= 11 is 0. The summed E-state index contributed by atoms with van der Waals surface area (Å²) in [5.74, 6) is -1.32. The molecule has 1 aromatic heterocycles. The van der Waals surface area contributed by atoms with Crippen LogP contribution in [0.1, 0.15) is 89.7 Å². The molecule has 2 heterocycles. The third-order valence-corrected chi connectivity index (χ3v) is 7.38. The Balaban J connectivity index is 1.69. The van der Waals surface area contributed by atoms with E-state index in [9.17, 15) is 27.6 Å². The molecular weight excluding hydrogens is 587 g/mol. The van der Waals surface area contributed by atoms with Crippen LogP contribution in [0, 0.1) is 5.92 Å². The van der Waals surface area contributed by atoms with Crippen LogP contribution in [0.5, 0.6) is 0 Å². The molecule has 0 unspecified atom stereocenters. The average Bonchev–Trinajstić information content (AvgIpc) is 3.41. The number of nitrogens with zero attached hydrogens (tertiary/aromatic N) is 5. The first-order valence-electron chi connectivity index (χ1n) is 14.6. The average molecular weight is 624 g/mol. The fourth-order valence-corrected chi connectivity index (χ4v) is 5.05. The van der Waals surface area contributed by atoms with Crippen LogP contribution in [-0.2, 0) is 24.1 Å². The van der Waals surface area contributed by atoms with Crippen molar-refractivity contribution in [3.63, 3.8) is 0 Å². The van der Waals surface area contributed by atoms with E-state index in [-0.39, 0.29) is 36.5 Å². The number of fused-ring (bicyclic) bond motifs is 1. The van der Waals surface area contributed by atoms with Gasteiger partial charge in [0.2, 0.25) is 11.9 Å². The van der Waals surface area contributed by atoms with E-state index in [0.29, 0.717) is 29.3 Å². The van der Waals surface area contributed by atoms with Crippen molar-refractivity contribution in [1.29, 1.82) is 0 Å². The summed E-state index contributed by atoms with van der Waals surface area (Å²) in [7, 11) is 0. The lowest BCUT2D eigenvalue weighted by molar-refractivity contribution is -0.138. The molecule has 0 radical (unpaired) electrons. The maximum absolute atomic E-state index is 14.2. The number of hydrogen-bond acceptors (Lipinski definition) is 6. The van der Waals surface area contributed by atoms with E-state index in [1.807, 2.05) is 0 Å². The van der Waals surface area contributed by atoms with Crippen LogP contribution in [0.4, 0.5) is 19.1 Å². The van der Waals surface area contributed by atoms with Gasteiger partial charge in [0.25, 0.3) is 11.8 Å². The molecule has 45 heavy (non-hydrogen) atoms. The van der Waals surface area contributed by atoms with Gasteiger partial charge >= 0.3 is 6.18 Å². The highest BCUT2D eigenvalue weighted by molar-refractivity contribution is 6.05. The topological polar surface area (TPSA) is 134 Å². The van der Waals surface area contributed by atoms with Gasteiger partial charge in [0.05, 0.1) is 29.4 Å². The number of carbonyl (C=O) groups is 3. The minimum absolute atomic E-state index is 0.0137. The number of nitrogens with one attached hydrogen (secondary N) is 1. The van der Waals surface area contributed by atoms with Gasteiger partial charge in [0, 0.05) is 37.3 Å². The number of nitrogens with two attached hydrogens (primary N) is 1. The summed E-state index contributed by atoms with van der Waals surface area (Å²) in [6.07, 6.45) is -1.74. The van der Waals surface area contributed by atoms with Crippen LogP contribution in [0.2, 0.25) is 0 Å². The molecule has 0 aliphatic carbocycles. The Morgan fingerprint density at radius 2 is 1.80 bits per heavy atom. The highest BCUT2D eigenvalue weighted by Crippen LogP contribution is 2.36. The number of halogens is 3. The van der Waals surface area contributed by atoms with Crippen molar-refractivity contribution in [3.05, 3.63) is 88.2 Å². The lowest BCUT2D eigenvalue weighted by Gasteiger charge is -2.30. The molecule has 3 amide bonds. The Bertz CT molecular complexity index is 1590. The second kappa shape index (κ2) is 13.9. The maximum Gasteiger partial charge on any atom is 0.417 e. The quantitative estimate of drug-likeness (QED) is 0.182. The Morgan fingerprint density at radius 1 is 1.09 bits per heavy atom. The van der Waals surface area contributed by atoms with Crippen LogP contribution >= 0.6 is 0 Å². The summed E-state index contributed by atoms with van der Waals surface area (Å²) < 4.78 is 42.6. The molecule has 1 aliphatic heterocycles. The number of anilines is 1. The van der Waals surface area contributed by atoms with Gasteiger partial charge in [-0.05, 0) is 55.5 Å². The van der Waals surface area contributed by atoms with Crippen LogP contribution in [0.25, 0.3) is 0 Å². The first-order valence-corrected chi connectivity index (χ1v) is 14.6. The fourth-order valence-electron chi connectivity index (χ4n) is 5.05. The summed E-state index contributed by atoms with van der Waals surface area (Å²) in [6.45, 7) is 7.37. The molecule has 0 bridgehead atoms. The molecule has 3 aromatic rings. The molecule has 10 nitrogen and oxygen atoms in total. The van der Waals surface area contributed by atoms with Crippen LogP contribution < -0.4 is 11.1 Å². The molecular formula is C32H36F3N7O3. The largest absolute Gasteiger partial charge is 0.417 e. The number of guanidine groups is 1. The highest BCUT2D eigenvalue weighted by atomic mass is 19.4. The minimum atomic E-state index is -4.83. The van der Waals surface area contributed by atoms with E-state index in [0.717, 1.165) is 25.0 Å². The van der Waals surface area contributed by atoms with E-state index < -0.39 is 35.2 Å². The second-order valence-corrected chi connectivity index (χ2v) is 11.3. The molecule has 13 heteroatoms. The fraction of sp³-hybridized carbons (Fsp3) is 0.375. The zero-order valence-corrected chi connectivity index (χ0v) is 25.6. The minimum Gasteiger partial charge on any atom is -0.369 e. The lowest BCUT2D eigenvalue weighted by Crippen LogP contribution is -2.44. The van der Waals surface area contributed by atoms with E-state index in [1.54, 1.807) is 37.3 Å². The molecule has 3 N–H and O–H groups in total. The van der Waals surface area contributed by atoms with Gasteiger partial charge in [0.1, 0.15) is 0 Å². The zero-order valence-electron chi connectivity index (χ0n) is 25.6. The zero-order chi connectivity index (χ0) is 32.9. The molecule has 0 saturated carbocycles. The van der Waals surface area contributed by atoms with Crippen molar-refractivity contribution in [3.8, 4) is 0 Å². The summed E-state index contributed by atoms with van der Waals surface area (Å²) in [4.78, 5) is 53.9. The second-order valence-electron chi connectivity index (χ2n) is 11.3. The molecule has 1 atom stereocenters. The lowest BCUT2D eigenvalue weighted by atomic mass is 9.97. The van der Waals surface area contributed by atoms with Gasteiger partial charge in [-0.3, -0.25) is 29.6 Å². The van der Waals surface area contributed by atoms with Crippen molar-refractivity contribution in [1.82, 2.24) is 19.8 Å². The van der Waals surface area contributed by atoms with Crippen molar-refractivity contribution in [2.75, 3.05) is 11.9 Å². The molecule has 238 valence electrons. The predicted molar refractivity (Wildman–Crippen MR) is 163 cm³/mol. The number of aliphatic imine (C=N–C) groups is 1. The van der Waals surface area contributed by atoms with Crippen molar-refractivity contribution < 1.29 is 27.6 Å². The maximum atomic E-state index is 14.2. The Hall–Kier alpha value is -4.81. The molecule has 0 spiro atoms. The molecule has 4 rings (SSSR count). The third kappa shape index (κ3) is 8.02. The van der Waals surface area contributed by atoms with Crippen molar-refractivity contribution in [2.45, 2.75) is 65.8 Å². The number of amides is 3. The van der Waals surface area contributed by atoms with E-state index in [2.05, 4.69) is 34.1 Å². The standard InChI is InChI=1S/C32H36F3N7O3/c1-19(2)9-8-14-37-30(36)42(28(44)22-10-6-5-7-11-22)20(3)23-12-13-26(32(33,34)35)25(15-23)29(45)41-17-24-16-38-31(39-21(4)43)40-27(24)18-41/h5-7,10-13,15-16,19-20H,8-9,14,17-18H2,1-4H3,(H2,36,37)(H,38,39,40,43)/t20-/m1/s1. The number of alkyl halides is 3. The normalized spacial score (nSPS) is 13.9. The monoisotopic (exact) mass is 623 g/mol. The summed E-state index contributed by atoms with van der Waals surface area (Å²) in [5, 5.41) is 2.46. The van der Waals surface area contributed by atoms with E-state index in [4.69, 9.17) is 5.73 Å². The van der Waals surface area contributed by atoms with Gasteiger partial charge < -0.3 is 10.6 Å². The van der Waals surface area contributed by atoms with Gasteiger partial charge in [0.15, 0.2) is 5.96 Å². The third-order valence-electron chi connectivity index (χ3n) is 7.38.